The SMILES string of the molecule is C=CCn1cc(C(C)(C)C#N)cn1. The van der Waals surface area contributed by atoms with Crippen molar-refractivity contribution < 1.29 is 0 Å². The van der Waals surface area contributed by atoms with Crippen molar-refractivity contribution >= 4 is 0 Å². The Morgan fingerprint density at radius 3 is 3.00 bits per heavy atom. The van der Waals surface area contributed by atoms with Crippen LogP contribution in [0.3, 0.4) is 0 Å². The minimum atomic E-state index is -0.459. The van der Waals surface area contributed by atoms with Gasteiger partial charge in [0.05, 0.1) is 24.2 Å². The van der Waals surface area contributed by atoms with Crippen LogP contribution in [0.2, 0.25) is 0 Å². The van der Waals surface area contributed by atoms with E-state index < -0.39 is 5.41 Å². The van der Waals surface area contributed by atoms with Crippen LogP contribution in [0.15, 0.2) is 25.0 Å². The van der Waals surface area contributed by atoms with E-state index in [1.54, 1.807) is 17.0 Å². The van der Waals surface area contributed by atoms with Crippen molar-refractivity contribution in [2.24, 2.45) is 0 Å². The maximum absolute atomic E-state index is 8.88. The highest BCUT2D eigenvalue weighted by Crippen LogP contribution is 2.20. The third-order valence-electron chi connectivity index (χ3n) is 1.95. The molecule has 0 aliphatic carbocycles. The molecule has 68 valence electrons. The molecule has 3 heteroatoms. The van der Waals surface area contributed by atoms with Gasteiger partial charge in [0.2, 0.25) is 0 Å². The maximum atomic E-state index is 8.88. The van der Waals surface area contributed by atoms with Gasteiger partial charge in [0.25, 0.3) is 0 Å². The molecular weight excluding hydrogens is 162 g/mol. The zero-order valence-electron chi connectivity index (χ0n) is 7.99. The van der Waals surface area contributed by atoms with Crippen LogP contribution in [0, 0.1) is 11.3 Å². The van der Waals surface area contributed by atoms with Crippen molar-refractivity contribution in [1.29, 1.82) is 5.26 Å². The van der Waals surface area contributed by atoms with Gasteiger partial charge in [-0.1, -0.05) is 6.08 Å². The van der Waals surface area contributed by atoms with Gasteiger partial charge in [-0.15, -0.1) is 6.58 Å². The van der Waals surface area contributed by atoms with Crippen molar-refractivity contribution in [1.82, 2.24) is 9.78 Å². The Hall–Kier alpha value is -1.56. The standard InChI is InChI=1S/C10H13N3/c1-4-5-13-7-9(6-12-13)10(2,3)8-11/h4,6-7H,1,5H2,2-3H3. The molecule has 0 fully saturated rings. The molecule has 3 nitrogen and oxygen atoms in total. The molecule has 0 bridgehead atoms. The lowest BCUT2D eigenvalue weighted by Gasteiger charge is -2.11. The van der Waals surface area contributed by atoms with Crippen molar-refractivity contribution in [3.05, 3.63) is 30.6 Å². The molecule has 1 aromatic heterocycles. The van der Waals surface area contributed by atoms with E-state index in [1.165, 1.54) is 0 Å². The molecule has 0 atom stereocenters. The first-order valence-corrected chi connectivity index (χ1v) is 4.15. The van der Waals surface area contributed by atoms with Crippen LogP contribution < -0.4 is 0 Å². The summed E-state index contributed by atoms with van der Waals surface area (Å²) >= 11 is 0. The second-order valence-corrected chi connectivity index (χ2v) is 3.48. The number of rotatable bonds is 3. The van der Waals surface area contributed by atoms with Crippen molar-refractivity contribution in [2.75, 3.05) is 0 Å². The lowest BCUT2D eigenvalue weighted by atomic mass is 9.89. The summed E-state index contributed by atoms with van der Waals surface area (Å²) in [5.41, 5.74) is 0.483. The minimum absolute atomic E-state index is 0.459. The highest BCUT2D eigenvalue weighted by Gasteiger charge is 2.21. The summed E-state index contributed by atoms with van der Waals surface area (Å²) < 4.78 is 1.77. The van der Waals surface area contributed by atoms with E-state index >= 15 is 0 Å². The Morgan fingerprint density at radius 2 is 2.46 bits per heavy atom. The number of nitriles is 1. The zero-order valence-corrected chi connectivity index (χ0v) is 7.99. The fourth-order valence-electron chi connectivity index (χ4n) is 0.983. The molecule has 0 radical (unpaired) electrons. The summed E-state index contributed by atoms with van der Waals surface area (Å²) in [6.07, 6.45) is 5.38. The lowest BCUT2D eigenvalue weighted by Crippen LogP contribution is -2.12. The second kappa shape index (κ2) is 3.44. The van der Waals surface area contributed by atoms with Crippen LogP contribution in [0.4, 0.5) is 0 Å². The van der Waals surface area contributed by atoms with Gasteiger partial charge < -0.3 is 0 Å². The highest BCUT2D eigenvalue weighted by molar-refractivity contribution is 5.25. The first-order chi connectivity index (χ1) is 6.10. The number of hydrogen-bond acceptors (Lipinski definition) is 2. The predicted molar refractivity (Wildman–Crippen MR) is 51.1 cm³/mol. The molecule has 0 unspecified atom stereocenters. The van der Waals surface area contributed by atoms with Crippen LogP contribution in [0.5, 0.6) is 0 Å². The molecule has 1 heterocycles. The Balaban J connectivity index is 2.93. The van der Waals surface area contributed by atoms with Gasteiger partial charge in [-0.25, -0.2) is 0 Å². The maximum Gasteiger partial charge on any atom is 0.0796 e. The number of nitrogens with zero attached hydrogens (tertiary/aromatic N) is 3. The van der Waals surface area contributed by atoms with Gasteiger partial charge in [-0.05, 0) is 13.8 Å². The fraction of sp³-hybridized carbons (Fsp3) is 0.400. The average Bonchev–Trinajstić information content (AvgIpc) is 2.54. The summed E-state index contributed by atoms with van der Waals surface area (Å²) in [5.74, 6) is 0. The van der Waals surface area contributed by atoms with E-state index in [4.69, 9.17) is 5.26 Å². The van der Waals surface area contributed by atoms with Gasteiger partial charge in [-0.2, -0.15) is 10.4 Å². The number of hydrogen-bond donors (Lipinski definition) is 0. The minimum Gasteiger partial charge on any atom is -0.269 e. The highest BCUT2D eigenvalue weighted by atomic mass is 15.3. The van der Waals surface area contributed by atoms with Crippen LogP contribution >= 0.6 is 0 Å². The second-order valence-electron chi connectivity index (χ2n) is 3.48. The molecule has 0 amide bonds. The van der Waals surface area contributed by atoms with Crippen molar-refractivity contribution in [2.45, 2.75) is 25.8 Å². The summed E-state index contributed by atoms with van der Waals surface area (Å²) in [4.78, 5) is 0. The van der Waals surface area contributed by atoms with Gasteiger partial charge >= 0.3 is 0 Å². The molecule has 1 aromatic rings. The first-order valence-electron chi connectivity index (χ1n) is 4.15. The molecule has 0 spiro atoms. The molecule has 0 saturated heterocycles. The number of allylic oxidation sites excluding steroid dienone is 1. The first kappa shape index (κ1) is 9.53. The Morgan fingerprint density at radius 1 is 1.77 bits per heavy atom. The molecule has 13 heavy (non-hydrogen) atoms. The molecule has 0 saturated carbocycles. The quantitative estimate of drug-likeness (QED) is 0.658. The molecular formula is C10H13N3. The van der Waals surface area contributed by atoms with E-state index in [2.05, 4.69) is 17.7 Å². The van der Waals surface area contributed by atoms with Gasteiger partial charge in [0.1, 0.15) is 0 Å². The third kappa shape index (κ3) is 1.97. The lowest BCUT2D eigenvalue weighted by molar-refractivity contribution is 0.675. The van der Waals surface area contributed by atoms with Gasteiger partial charge in [0.15, 0.2) is 0 Å². The van der Waals surface area contributed by atoms with E-state index in [1.807, 2.05) is 20.0 Å². The normalized spacial score (nSPS) is 10.8. The largest absolute Gasteiger partial charge is 0.269 e. The summed E-state index contributed by atoms with van der Waals surface area (Å²) in [6, 6.07) is 2.23. The van der Waals surface area contributed by atoms with Gasteiger partial charge in [0, 0.05) is 11.8 Å². The molecule has 0 aliphatic rings. The molecule has 1 rings (SSSR count). The van der Waals surface area contributed by atoms with E-state index in [0.717, 1.165) is 5.56 Å². The smallest absolute Gasteiger partial charge is 0.0796 e. The van der Waals surface area contributed by atoms with Crippen LogP contribution in [0.1, 0.15) is 19.4 Å². The Bertz CT molecular complexity index is 341. The summed E-state index contributed by atoms with van der Waals surface area (Å²) in [6.45, 7) is 8.06. The monoisotopic (exact) mass is 175 g/mol. The van der Waals surface area contributed by atoms with Crippen molar-refractivity contribution in [3.63, 3.8) is 0 Å². The predicted octanol–water partition coefficient (Wildman–Crippen LogP) is 1.87. The van der Waals surface area contributed by atoms with Crippen LogP contribution in [-0.4, -0.2) is 9.78 Å². The summed E-state index contributed by atoms with van der Waals surface area (Å²) in [7, 11) is 0. The Kier molecular flexibility index (Phi) is 2.52. The molecule has 0 aromatic carbocycles. The summed E-state index contributed by atoms with van der Waals surface area (Å²) in [5, 5.41) is 13.0. The van der Waals surface area contributed by atoms with E-state index in [-0.39, 0.29) is 0 Å². The van der Waals surface area contributed by atoms with E-state index in [9.17, 15) is 0 Å². The Labute approximate surface area is 78.3 Å². The van der Waals surface area contributed by atoms with Crippen LogP contribution in [-0.2, 0) is 12.0 Å². The fourth-order valence-corrected chi connectivity index (χ4v) is 0.983. The van der Waals surface area contributed by atoms with E-state index in [0.29, 0.717) is 6.54 Å². The zero-order chi connectivity index (χ0) is 9.90. The molecule has 0 N–H and O–H groups in total. The van der Waals surface area contributed by atoms with Crippen molar-refractivity contribution in [3.8, 4) is 6.07 Å². The van der Waals surface area contributed by atoms with Crippen LogP contribution in [0.25, 0.3) is 0 Å². The number of aromatic nitrogens is 2. The third-order valence-corrected chi connectivity index (χ3v) is 1.95. The average molecular weight is 175 g/mol. The van der Waals surface area contributed by atoms with Gasteiger partial charge in [-0.3, -0.25) is 4.68 Å². The topological polar surface area (TPSA) is 41.6 Å². The molecule has 0 aliphatic heterocycles.